The third-order valence-corrected chi connectivity index (χ3v) is 4.59. The monoisotopic (exact) mass is 278 g/mol. The number of esters is 1. The molecule has 2 aliphatic carbocycles. The molecule has 0 N–H and O–H groups in total. The second-order valence-electron chi connectivity index (χ2n) is 5.86. The normalized spacial score (nSPS) is 30.4. The lowest BCUT2D eigenvalue weighted by molar-refractivity contribution is -0.145. The van der Waals surface area contributed by atoms with Crippen LogP contribution in [0.3, 0.4) is 0 Å². The molecule has 2 saturated carbocycles. The summed E-state index contributed by atoms with van der Waals surface area (Å²) in [6.45, 7) is 2.57. The molecule has 20 heavy (non-hydrogen) atoms. The van der Waals surface area contributed by atoms with E-state index in [0.29, 0.717) is 6.61 Å². The van der Waals surface area contributed by atoms with Crippen LogP contribution in [-0.4, -0.2) is 12.6 Å². The highest BCUT2D eigenvalue weighted by Crippen LogP contribution is 2.42. The number of hydrogen-bond donors (Lipinski definition) is 0. The Kier molecular flexibility index (Phi) is 6.16. The van der Waals surface area contributed by atoms with E-state index in [9.17, 15) is 4.79 Å². The summed E-state index contributed by atoms with van der Waals surface area (Å²) in [6.07, 6.45) is 15.1. The number of fused-ring (bicyclic) bond motifs is 1. The van der Waals surface area contributed by atoms with E-state index in [1.54, 1.807) is 18.4 Å². The average Bonchev–Trinajstić information content (AvgIpc) is 2.50. The number of carbonyl (C=O) groups is 1. The van der Waals surface area contributed by atoms with Crippen molar-refractivity contribution in [2.75, 3.05) is 6.61 Å². The van der Waals surface area contributed by atoms with Gasteiger partial charge < -0.3 is 9.47 Å². The minimum absolute atomic E-state index is 0.0601. The van der Waals surface area contributed by atoms with Crippen molar-refractivity contribution in [2.45, 2.75) is 51.9 Å². The fourth-order valence-electron chi connectivity index (χ4n) is 3.53. The molecule has 2 rings (SSSR count). The molecule has 0 aliphatic heterocycles. The van der Waals surface area contributed by atoms with Crippen LogP contribution in [0.15, 0.2) is 24.7 Å². The van der Waals surface area contributed by atoms with E-state index in [0.717, 1.165) is 24.7 Å². The third-order valence-electron chi connectivity index (χ3n) is 4.59. The summed E-state index contributed by atoms with van der Waals surface area (Å²) in [5.41, 5.74) is 0. The van der Waals surface area contributed by atoms with Crippen LogP contribution < -0.4 is 0 Å². The zero-order valence-corrected chi connectivity index (χ0v) is 12.4. The minimum atomic E-state index is -0.0601. The highest BCUT2D eigenvalue weighted by Gasteiger charge is 2.35. The number of carbonyl (C=O) groups excluding carboxylic acids is 1. The molecule has 0 spiro atoms. The average molecular weight is 278 g/mol. The van der Waals surface area contributed by atoms with Crippen molar-refractivity contribution >= 4 is 5.97 Å². The Hall–Kier alpha value is -1.25. The van der Waals surface area contributed by atoms with Crippen molar-refractivity contribution in [1.82, 2.24) is 0 Å². The Balaban J connectivity index is 1.73. The Morgan fingerprint density at radius 2 is 1.80 bits per heavy atom. The van der Waals surface area contributed by atoms with Crippen LogP contribution in [0, 0.1) is 17.8 Å². The quantitative estimate of drug-likeness (QED) is 0.429. The van der Waals surface area contributed by atoms with Gasteiger partial charge in [0.25, 0.3) is 0 Å². The van der Waals surface area contributed by atoms with Gasteiger partial charge in [-0.15, -0.1) is 0 Å². The molecule has 0 saturated heterocycles. The van der Waals surface area contributed by atoms with Gasteiger partial charge in [-0.05, 0) is 50.2 Å². The molecule has 0 amide bonds. The molecule has 0 aromatic heterocycles. The third kappa shape index (κ3) is 4.39. The van der Waals surface area contributed by atoms with Gasteiger partial charge in [-0.25, -0.2) is 0 Å². The van der Waals surface area contributed by atoms with Gasteiger partial charge in [0, 0.05) is 0 Å². The second-order valence-corrected chi connectivity index (χ2v) is 5.86. The van der Waals surface area contributed by atoms with E-state index in [-0.39, 0.29) is 11.9 Å². The highest BCUT2D eigenvalue weighted by molar-refractivity contribution is 5.73. The molecule has 0 radical (unpaired) electrons. The minimum Gasteiger partial charge on any atom is -0.501 e. The Labute approximate surface area is 122 Å². The molecular weight excluding hydrogens is 252 g/mol. The molecule has 3 atom stereocenters. The summed E-state index contributed by atoms with van der Waals surface area (Å²) in [7, 11) is 0. The molecule has 0 aromatic carbocycles. The van der Waals surface area contributed by atoms with Gasteiger partial charge in [0.05, 0.1) is 25.0 Å². The van der Waals surface area contributed by atoms with Crippen LogP contribution in [0.25, 0.3) is 0 Å². The molecular formula is C17H26O3. The van der Waals surface area contributed by atoms with E-state index in [1.165, 1.54) is 38.4 Å². The topological polar surface area (TPSA) is 35.5 Å². The van der Waals surface area contributed by atoms with Gasteiger partial charge in [-0.1, -0.05) is 25.7 Å². The number of rotatable bonds is 5. The van der Waals surface area contributed by atoms with Gasteiger partial charge in [-0.3, -0.25) is 4.79 Å². The summed E-state index contributed by atoms with van der Waals surface area (Å²) in [5.74, 6) is 1.68. The zero-order chi connectivity index (χ0) is 14.2. The van der Waals surface area contributed by atoms with E-state index in [1.807, 2.05) is 6.92 Å². The summed E-state index contributed by atoms with van der Waals surface area (Å²) < 4.78 is 10.3. The van der Waals surface area contributed by atoms with E-state index < -0.39 is 0 Å². The smallest absolute Gasteiger partial charge is 0.313 e. The first-order valence-electron chi connectivity index (χ1n) is 7.95. The van der Waals surface area contributed by atoms with Crippen LogP contribution in [0.5, 0.6) is 0 Å². The summed E-state index contributed by atoms with van der Waals surface area (Å²) in [6, 6.07) is 0. The van der Waals surface area contributed by atoms with Gasteiger partial charge in [0.1, 0.15) is 0 Å². The van der Waals surface area contributed by atoms with Crippen molar-refractivity contribution < 1.29 is 14.3 Å². The predicted octanol–water partition coefficient (Wildman–Crippen LogP) is 4.20. The Bertz CT molecular complexity index is 359. The lowest BCUT2D eigenvalue weighted by Gasteiger charge is -2.38. The fourth-order valence-corrected chi connectivity index (χ4v) is 3.53. The van der Waals surface area contributed by atoms with Gasteiger partial charge >= 0.3 is 5.97 Å². The van der Waals surface area contributed by atoms with E-state index >= 15 is 0 Å². The molecule has 3 heteroatoms. The lowest BCUT2D eigenvalue weighted by atomic mass is 9.67. The standard InChI is InChI=1S/C17H26O3/c1-2-19-11-5-6-12-20-17(18)16-10-9-14-7-3-4-8-15(14)13-16/h5-6,11-12,14-16H,2-4,7-10,13H2,1H3/b11-5+,12-6+. The summed E-state index contributed by atoms with van der Waals surface area (Å²) in [5, 5.41) is 0. The molecule has 0 bridgehead atoms. The zero-order valence-electron chi connectivity index (χ0n) is 12.4. The first-order valence-corrected chi connectivity index (χ1v) is 7.95. The molecule has 0 heterocycles. The maximum Gasteiger partial charge on any atom is 0.313 e. The summed E-state index contributed by atoms with van der Waals surface area (Å²) in [4.78, 5) is 12.0. The van der Waals surface area contributed by atoms with Crippen molar-refractivity contribution in [3.8, 4) is 0 Å². The van der Waals surface area contributed by atoms with Gasteiger partial charge in [-0.2, -0.15) is 0 Å². The van der Waals surface area contributed by atoms with E-state index in [2.05, 4.69) is 0 Å². The van der Waals surface area contributed by atoms with Crippen molar-refractivity contribution in [2.24, 2.45) is 17.8 Å². The number of hydrogen-bond acceptors (Lipinski definition) is 3. The number of ether oxygens (including phenoxy) is 2. The molecule has 3 nitrogen and oxygen atoms in total. The van der Waals surface area contributed by atoms with Crippen LogP contribution in [0.2, 0.25) is 0 Å². The second kappa shape index (κ2) is 8.13. The van der Waals surface area contributed by atoms with Crippen LogP contribution in [0.4, 0.5) is 0 Å². The largest absolute Gasteiger partial charge is 0.501 e. The predicted molar refractivity (Wildman–Crippen MR) is 78.8 cm³/mol. The molecule has 2 aliphatic rings. The molecule has 112 valence electrons. The summed E-state index contributed by atoms with van der Waals surface area (Å²) >= 11 is 0. The molecule has 2 fully saturated rings. The Morgan fingerprint density at radius 3 is 2.60 bits per heavy atom. The molecule has 0 aromatic rings. The first-order chi connectivity index (χ1) is 9.81. The van der Waals surface area contributed by atoms with Crippen molar-refractivity contribution in [1.29, 1.82) is 0 Å². The highest BCUT2D eigenvalue weighted by atomic mass is 16.5. The number of allylic oxidation sites excluding steroid dienone is 2. The molecule has 3 unspecified atom stereocenters. The van der Waals surface area contributed by atoms with Crippen LogP contribution in [-0.2, 0) is 14.3 Å². The maximum absolute atomic E-state index is 12.0. The SMILES string of the molecule is CCO/C=C/C=C/OC(=O)C1CCC2CCCCC2C1. The van der Waals surface area contributed by atoms with Crippen molar-refractivity contribution in [3.63, 3.8) is 0 Å². The first kappa shape index (κ1) is 15.1. The van der Waals surface area contributed by atoms with Crippen molar-refractivity contribution in [3.05, 3.63) is 24.7 Å². The van der Waals surface area contributed by atoms with Crippen LogP contribution >= 0.6 is 0 Å². The van der Waals surface area contributed by atoms with E-state index in [4.69, 9.17) is 9.47 Å². The van der Waals surface area contributed by atoms with Crippen LogP contribution in [0.1, 0.15) is 51.9 Å². The van der Waals surface area contributed by atoms with Gasteiger partial charge in [0.15, 0.2) is 0 Å². The van der Waals surface area contributed by atoms with Gasteiger partial charge in [0.2, 0.25) is 0 Å². The lowest BCUT2D eigenvalue weighted by Crippen LogP contribution is -2.31. The fraction of sp³-hybridized carbons (Fsp3) is 0.706. The maximum atomic E-state index is 12.0. The Morgan fingerprint density at radius 1 is 1.05 bits per heavy atom.